The van der Waals surface area contributed by atoms with Crippen molar-refractivity contribution in [3.63, 3.8) is 0 Å². The minimum absolute atomic E-state index is 0.00751. The summed E-state index contributed by atoms with van der Waals surface area (Å²) < 4.78 is 14.1. The van der Waals surface area contributed by atoms with E-state index in [9.17, 15) is 39.4 Å². The first-order chi connectivity index (χ1) is 21.6. The van der Waals surface area contributed by atoms with E-state index in [-0.39, 0.29) is 61.6 Å². The summed E-state index contributed by atoms with van der Waals surface area (Å²) in [5.41, 5.74) is 1.70. The van der Waals surface area contributed by atoms with Gasteiger partial charge < -0.3 is 24.4 Å². The summed E-state index contributed by atoms with van der Waals surface area (Å²) in [4.78, 5) is 62.9. The molecule has 0 heterocycles. The predicted molar refractivity (Wildman–Crippen MR) is 167 cm³/mol. The number of hydrogen-bond acceptors (Lipinski definition) is 12. The molecule has 2 rings (SSSR count). The third-order valence-corrected chi connectivity index (χ3v) is 4.60. The highest BCUT2D eigenvalue weighted by Crippen LogP contribution is 2.13. The molecule has 0 aliphatic rings. The number of aliphatic hydroxyl groups excluding tert-OH is 1. The van der Waals surface area contributed by atoms with Gasteiger partial charge in [-0.25, -0.2) is 9.59 Å². The maximum atomic E-state index is 11.5. The molecule has 0 unspecified atom stereocenters. The number of carboxylic acids is 1. The number of aliphatic carboxylic acids is 1. The van der Waals surface area contributed by atoms with Gasteiger partial charge in [0.1, 0.15) is 19.8 Å². The van der Waals surface area contributed by atoms with Crippen LogP contribution >= 0.6 is 23.2 Å². The van der Waals surface area contributed by atoms with Crippen molar-refractivity contribution in [2.24, 2.45) is 0 Å². The van der Waals surface area contributed by atoms with Crippen LogP contribution in [-0.2, 0) is 46.2 Å². The number of aliphatic hydroxyl groups is 1. The molecular formula is C29H34Cl2N2O13. The molecule has 2 N–H and O–H groups in total. The summed E-state index contributed by atoms with van der Waals surface area (Å²) in [6.45, 7) is 9.65. The van der Waals surface area contributed by atoms with Gasteiger partial charge in [0.05, 0.1) is 34.6 Å². The van der Waals surface area contributed by atoms with Crippen molar-refractivity contribution in [1.82, 2.24) is 0 Å². The van der Waals surface area contributed by atoms with Crippen molar-refractivity contribution in [2.75, 3.05) is 31.8 Å². The van der Waals surface area contributed by atoms with E-state index in [1.54, 1.807) is 6.92 Å². The van der Waals surface area contributed by atoms with Gasteiger partial charge in [0.25, 0.3) is 11.4 Å². The van der Waals surface area contributed by atoms with Gasteiger partial charge in [0.15, 0.2) is 0 Å². The minimum atomic E-state index is -0.950. The normalized spacial score (nSPS) is 9.24. The molecule has 0 radical (unpaired) electrons. The molecule has 252 valence electrons. The fraction of sp³-hybridized carbons (Fsp3) is 0.310. The molecule has 0 aromatic heterocycles. The van der Waals surface area contributed by atoms with Crippen molar-refractivity contribution in [2.45, 2.75) is 26.7 Å². The quantitative estimate of drug-likeness (QED) is 0.0561. The Labute approximate surface area is 274 Å². The van der Waals surface area contributed by atoms with E-state index >= 15 is 0 Å². The average Bonchev–Trinajstić information content (AvgIpc) is 2.99. The second-order valence-corrected chi connectivity index (χ2v) is 9.28. The number of ether oxygens (including phenoxy) is 3. The van der Waals surface area contributed by atoms with E-state index in [1.807, 2.05) is 0 Å². The van der Waals surface area contributed by atoms with Crippen LogP contribution < -0.4 is 0 Å². The average molecular weight is 689 g/mol. The Bertz CT molecular complexity index is 1320. The highest BCUT2D eigenvalue weighted by Gasteiger charge is 2.09. The van der Waals surface area contributed by atoms with Crippen LogP contribution in [0.2, 0.25) is 0 Å². The topological polar surface area (TPSA) is 223 Å². The zero-order valence-corrected chi connectivity index (χ0v) is 26.5. The number of benzene rings is 2. The van der Waals surface area contributed by atoms with Gasteiger partial charge in [0, 0.05) is 35.4 Å². The first-order valence-electron chi connectivity index (χ1n) is 12.8. The van der Waals surface area contributed by atoms with E-state index in [4.69, 9.17) is 42.9 Å². The molecule has 0 saturated heterocycles. The van der Waals surface area contributed by atoms with E-state index in [0.717, 1.165) is 0 Å². The largest absolute Gasteiger partial charge is 0.481 e. The summed E-state index contributed by atoms with van der Waals surface area (Å²) in [5.74, 6) is -2.45. The number of rotatable bonds is 13. The van der Waals surface area contributed by atoms with E-state index in [0.29, 0.717) is 16.7 Å². The number of carbonyl (C=O) groups excluding carboxylic acids is 3. The number of nitro groups is 2. The van der Waals surface area contributed by atoms with Gasteiger partial charge >= 0.3 is 23.9 Å². The van der Waals surface area contributed by atoms with Gasteiger partial charge in [-0.3, -0.25) is 29.8 Å². The third-order valence-electron chi connectivity index (χ3n) is 4.60. The molecule has 46 heavy (non-hydrogen) atoms. The van der Waals surface area contributed by atoms with Crippen LogP contribution in [0, 0.1) is 20.2 Å². The molecule has 15 nitrogen and oxygen atoms in total. The van der Waals surface area contributed by atoms with Crippen LogP contribution in [0.25, 0.3) is 0 Å². The van der Waals surface area contributed by atoms with Crippen molar-refractivity contribution in [3.8, 4) is 0 Å². The maximum absolute atomic E-state index is 11.5. The zero-order valence-electron chi connectivity index (χ0n) is 25.0. The van der Waals surface area contributed by atoms with Gasteiger partial charge in [-0.05, 0) is 25.0 Å². The second kappa shape index (κ2) is 25.5. The van der Waals surface area contributed by atoms with Crippen LogP contribution in [0.15, 0.2) is 72.8 Å². The van der Waals surface area contributed by atoms with Gasteiger partial charge in [-0.15, -0.1) is 23.2 Å². The first-order valence-corrected chi connectivity index (χ1v) is 13.9. The lowest BCUT2D eigenvalue weighted by molar-refractivity contribution is -0.385. The Morgan fingerprint density at radius 3 is 1.39 bits per heavy atom. The van der Waals surface area contributed by atoms with Crippen LogP contribution in [0.4, 0.5) is 11.4 Å². The zero-order chi connectivity index (χ0) is 35.7. The van der Waals surface area contributed by atoms with Gasteiger partial charge in [0.2, 0.25) is 0 Å². The molecule has 2 aromatic rings. The Morgan fingerprint density at radius 2 is 1.07 bits per heavy atom. The second-order valence-electron chi connectivity index (χ2n) is 8.47. The number of non-ortho nitro benzene ring substituents is 2. The molecule has 0 aliphatic heterocycles. The SMILES string of the molecule is C=C(C)C(=O)OCCO.C=C(C)C(=O)OCCOC(=O)Cc1ccc([N+](=O)[O-])cc1.ClCCl.O=C(O)Cc1ccc([N+](=O)[O-])cc1. The van der Waals surface area contributed by atoms with Gasteiger partial charge in [-0.2, -0.15) is 0 Å². The van der Waals surface area contributed by atoms with Crippen molar-refractivity contribution in [3.05, 3.63) is 104 Å². The van der Waals surface area contributed by atoms with Crippen LogP contribution in [0.1, 0.15) is 25.0 Å². The molecular weight excluding hydrogens is 655 g/mol. The summed E-state index contributed by atoms with van der Waals surface area (Å²) in [6.07, 6.45) is -0.121. The molecule has 0 fully saturated rings. The molecule has 2 aromatic carbocycles. The predicted octanol–water partition coefficient (Wildman–Crippen LogP) is 4.54. The number of alkyl halides is 2. The monoisotopic (exact) mass is 688 g/mol. The molecule has 0 spiro atoms. The van der Waals surface area contributed by atoms with Crippen molar-refractivity contribution >= 4 is 58.5 Å². The number of halogens is 2. The summed E-state index contributed by atoms with van der Waals surface area (Å²) >= 11 is 9.53. The number of nitro benzene ring substituents is 2. The van der Waals surface area contributed by atoms with Crippen LogP contribution in [0.5, 0.6) is 0 Å². The minimum Gasteiger partial charge on any atom is -0.481 e. The van der Waals surface area contributed by atoms with E-state index in [1.165, 1.54) is 55.5 Å². The number of esters is 3. The number of carboxylic acid groups (broad SMARTS) is 1. The lowest BCUT2D eigenvalue weighted by Gasteiger charge is -2.06. The Balaban J connectivity index is 0. The lowest BCUT2D eigenvalue weighted by atomic mass is 10.1. The van der Waals surface area contributed by atoms with E-state index in [2.05, 4.69) is 17.9 Å². The molecule has 0 amide bonds. The third kappa shape index (κ3) is 22.6. The fourth-order valence-corrected chi connectivity index (χ4v) is 2.54. The van der Waals surface area contributed by atoms with Crippen molar-refractivity contribution < 1.29 is 53.4 Å². The maximum Gasteiger partial charge on any atom is 0.333 e. The number of nitrogens with zero attached hydrogens (tertiary/aromatic N) is 2. The smallest absolute Gasteiger partial charge is 0.333 e. The highest BCUT2D eigenvalue weighted by atomic mass is 35.5. The molecule has 0 atom stereocenters. The molecule has 17 heteroatoms. The van der Waals surface area contributed by atoms with Gasteiger partial charge in [-0.1, -0.05) is 37.4 Å². The number of hydrogen-bond donors (Lipinski definition) is 2. The standard InChI is InChI=1S/C14H15NO6.C8H7NO4.C6H10O3.CH2Cl2/c1-10(2)14(17)21-8-7-20-13(16)9-11-3-5-12(6-4-11)15(18)19;10-8(11)5-6-1-3-7(4-2-6)9(12)13;1-5(2)6(8)9-4-3-7;2-1-3/h3-6H,1,7-9H2,2H3;1-4H,5H2,(H,10,11);7H,1,3-4H2,2H3;1H2. The molecule has 0 aliphatic carbocycles. The summed E-state index contributed by atoms with van der Waals surface area (Å²) in [6, 6.07) is 11.1. The fourth-order valence-electron chi connectivity index (χ4n) is 2.54. The molecule has 0 saturated carbocycles. The Morgan fingerprint density at radius 1 is 0.717 bits per heavy atom. The van der Waals surface area contributed by atoms with Crippen LogP contribution in [0.3, 0.4) is 0 Å². The molecule has 0 bridgehead atoms. The Kier molecular flexibility index (Phi) is 24.0. The summed E-state index contributed by atoms with van der Waals surface area (Å²) in [5, 5.41) is 37.5. The highest BCUT2D eigenvalue weighted by molar-refractivity contribution is 6.40. The van der Waals surface area contributed by atoms with Crippen molar-refractivity contribution in [1.29, 1.82) is 0 Å². The van der Waals surface area contributed by atoms with E-state index < -0.39 is 33.7 Å². The summed E-state index contributed by atoms with van der Waals surface area (Å²) in [7, 11) is 0. The first kappa shape index (κ1) is 43.3. The Hall–Kier alpha value is -4.86. The lowest BCUT2D eigenvalue weighted by Crippen LogP contribution is -2.15. The van der Waals surface area contributed by atoms with Crippen LogP contribution in [-0.4, -0.2) is 75.7 Å². The number of carbonyl (C=O) groups is 4.